The molecular formula is C13H16N2O2S. The zero-order valence-corrected chi connectivity index (χ0v) is 11.0. The van der Waals surface area contributed by atoms with E-state index in [0.717, 1.165) is 24.9 Å². The topological polar surface area (TPSA) is 66.6 Å². The molecule has 4 nitrogen and oxygen atoms in total. The summed E-state index contributed by atoms with van der Waals surface area (Å²) in [5.74, 6) is 0.110. The van der Waals surface area contributed by atoms with Crippen molar-refractivity contribution in [1.29, 1.82) is 0 Å². The van der Waals surface area contributed by atoms with Crippen LogP contribution < -0.4 is 10.6 Å². The van der Waals surface area contributed by atoms with E-state index in [9.17, 15) is 9.90 Å². The molecule has 0 saturated heterocycles. The van der Waals surface area contributed by atoms with Crippen LogP contribution in [0.25, 0.3) is 0 Å². The molecule has 1 fully saturated rings. The van der Waals surface area contributed by atoms with Crippen molar-refractivity contribution in [3.63, 3.8) is 0 Å². The van der Waals surface area contributed by atoms with Gasteiger partial charge in [0.25, 0.3) is 0 Å². The number of benzene rings is 1. The first-order valence-corrected chi connectivity index (χ1v) is 6.25. The van der Waals surface area contributed by atoms with Crippen molar-refractivity contribution in [2.24, 2.45) is 11.1 Å². The Balaban J connectivity index is 2.23. The van der Waals surface area contributed by atoms with Crippen molar-refractivity contribution >= 4 is 28.8 Å². The number of nitrogens with zero attached hydrogens (tertiary/aromatic N) is 1. The van der Waals surface area contributed by atoms with Crippen molar-refractivity contribution in [3.8, 4) is 5.75 Å². The molecule has 0 radical (unpaired) electrons. The summed E-state index contributed by atoms with van der Waals surface area (Å²) in [6.45, 7) is 0. The summed E-state index contributed by atoms with van der Waals surface area (Å²) in [4.78, 5) is 14.3. The zero-order valence-electron chi connectivity index (χ0n) is 10.2. The number of nitrogens with two attached hydrogens (primary N) is 1. The standard InChI is InChI=1S/C13H16N2O2S/c1-15(9-3-5-10(16)6-4-9)12(17)13(11(14)18)7-2-8-13/h3-6,16H,2,7-8H2,1H3,(H2,14,18). The van der Waals surface area contributed by atoms with Crippen LogP contribution in [0.2, 0.25) is 0 Å². The van der Waals surface area contributed by atoms with Crippen molar-refractivity contribution in [2.75, 3.05) is 11.9 Å². The molecule has 96 valence electrons. The Labute approximate surface area is 111 Å². The van der Waals surface area contributed by atoms with Crippen molar-refractivity contribution in [2.45, 2.75) is 19.3 Å². The van der Waals surface area contributed by atoms with Gasteiger partial charge in [-0.1, -0.05) is 18.6 Å². The molecule has 0 aliphatic heterocycles. The van der Waals surface area contributed by atoms with Crippen molar-refractivity contribution < 1.29 is 9.90 Å². The highest BCUT2D eigenvalue weighted by atomic mass is 32.1. The summed E-state index contributed by atoms with van der Waals surface area (Å²) >= 11 is 5.04. The Morgan fingerprint density at radius 3 is 2.33 bits per heavy atom. The van der Waals surface area contributed by atoms with E-state index in [-0.39, 0.29) is 16.6 Å². The Morgan fingerprint density at radius 1 is 1.39 bits per heavy atom. The average molecular weight is 264 g/mol. The van der Waals surface area contributed by atoms with Gasteiger partial charge in [0.1, 0.15) is 5.75 Å². The van der Waals surface area contributed by atoms with E-state index in [2.05, 4.69) is 0 Å². The molecule has 1 saturated carbocycles. The van der Waals surface area contributed by atoms with Gasteiger partial charge in [0, 0.05) is 12.7 Å². The van der Waals surface area contributed by atoms with Crippen LogP contribution in [-0.2, 0) is 4.79 Å². The summed E-state index contributed by atoms with van der Waals surface area (Å²) < 4.78 is 0. The molecule has 0 spiro atoms. The van der Waals surface area contributed by atoms with E-state index < -0.39 is 5.41 Å². The largest absolute Gasteiger partial charge is 0.508 e. The first-order chi connectivity index (χ1) is 8.47. The van der Waals surface area contributed by atoms with E-state index in [1.165, 1.54) is 0 Å². The molecule has 18 heavy (non-hydrogen) atoms. The lowest BCUT2D eigenvalue weighted by Gasteiger charge is -2.41. The van der Waals surface area contributed by atoms with Gasteiger partial charge in [-0.15, -0.1) is 0 Å². The first-order valence-electron chi connectivity index (χ1n) is 5.84. The van der Waals surface area contributed by atoms with Gasteiger partial charge in [0.05, 0.1) is 10.4 Å². The lowest BCUT2D eigenvalue weighted by molar-refractivity contribution is -0.127. The second-order valence-electron chi connectivity index (χ2n) is 4.68. The monoisotopic (exact) mass is 264 g/mol. The van der Waals surface area contributed by atoms with Crippen LogP contribution in [-0.4, -0.2) is 23.0 Å². The highest BCUT2D eigenvalue weighted by Gasteiger charge is 2.48. The fourth-order valence-corrected chi connectivity index (χ4v) is 2.50. The first kappa shape index (κ1) is 12.8. The number of rotatable bonds is 3. The maximum atomic E-state index is 12.5. The van der Waals surface area contributed by atoms with Crippen LogP contribution in [0, 0.1) is 5.41 Å². The van der Waals surface area contributed by atoms with Crippen molar-refractivity contribution in [1.82, 2.24) is 0 Å². The molecule has 1 aliphatic rings. The van der Waals surface area contributed by atoms with Crippen LogP contribution in [0.15, 0.2) is 24.3 Å². The third-order valence-electron chi connectivity index (χ3n) is 3.63. The van der Waals surface area contributed by atoms with Gasteiger partial charge in [-0.3, -0.25) is 4.79 Å². The molecule has 0 bridgehead atoms. The SMILES string of the molecule is CN(C(=O)C1(C(N)=S)CCC1)c1ccc(O)cc1. The molecule has 0 atom stereocenters. The van der Waals surface area contributed by atoms with E-state index in [1.54, 1.807) is 36.2 Å². The molecule has 5 heteroatoms. The summed E-state index contributed by atoms with van der Waals surface area (Å²) in [6.07, 6.45) is 2.43. The quantitative estimate of drug-likeness (QED) is 0.817. The highest BCUT2D eigenvalue weighted by molar-refractivity contribution is 7.80. The number of carbonyl (C=O) groups excluding carboxylic acids is 1. The number of phenolic OH excluding ortho intramolecular Hbond substituents is 1. The maximum Gasteiger partial charge on any atom is 0.239 e. The summed E-state index contributed by atoms with van der Waals surface area (Å²) in [7, 11) is 1.70. The smallest absolute Gasteiger partial charge is 0.239 e. The van der Waals surface area contributed by atoms with Gasteiger partial charge in [-0.25, -0.2) is 0 Å². The lowest BCUT2D eigenvalue weighted by atomic mass is 9.67. The molecule has 0 aromatic heterocycles. The molecule has 2 rings (SSSR count). The van der Waals surface area contributed by atoms with E-state index in [4.69, 9.17) is 18.0 Å². The minimum absolute atomic E-state index is 0.0630. The fraction of sp³-hybridized carbons (Fsp3) is 0.385. The summed E-state index contributed by atoms with van der Waals surface area (Å²) in [6, 6.07) is 6.49. The van der Waals surface area contributed by atoms with Crippen LogP contribution in [0.5, 0.6) is 5.75 Å². The van der Waals surface area contributed by atoms with Gasteiger partial charge >= 0.3 is 0 Å². The number of aromatic hydroxyl groups is 1. The third-order valence-corrected chi connectivity index (χ3v) is 4.02. The van der Waals surface area contributed by atoms with Crippen LogP contribution in [0.4, 0.5) is 5.69 Å². The second kappa shape index (κ2) is 4.57. The van der Waals surface area contributed by atoms with Gasteiger partial charge in [-0.2, -0.15) is 0 Å². The van der Waals surface area contributed by atoms with Gasteiger partial charge in [0.2, 0.25) is 5.91 Å². The maximum absolute atomic E-state index is 12.5. The fourth-order valence-electron chi connectivity index (χ4n) is 2.21. The van der Waals surface area contributed by atoms with E-state index >= 15 is 0 Å². The van der Waals surface area contributed by atoms with Gasteiger partial charge in [-0.05, 0) is 37.1 Å². The normalized spacial score (nSPS) is 16.7. The van der Waals surface area contributed by atoms with Crippen molar-refractivity contribution in [3.05, 3.63) is 24.3 Å². The highest BCUT2D eigenvalue weighted by Crippen LogP contribution is 2.43. The predicted molar refractivity (Wildman–Crippen MR) is 74.6 cm³/mol. The zero-order chi connectivity index (χ0) is 13.3. The van der Waals surface area contributed by atoms with Crippen LogP contribution in [0.1, 0.15) is 19.3 Å². The second-order valence-corrected chi connectivity index (χ2v) is 5.12. The number of anilines is 1. The molecular weight excluding hydrogens is 248 g/mol. The van der Waals surface area contributed by atoms with Gasteiger partial charge in [0.15, 0.2) is 0 Å². The third kappa shape index (κ3) is 1.95. The average Bonchev–Trinajstić information content (AvgIpc) is 2.27. The number of phenols is 1. The molecule has 3 N–H and O–H groups in total. The van der Waals surface area contributed by atoms with E-state index in [0.29, 0.717) is 0 Å². The molecule has 1 aliphatic carbocycles. The van der Waals surface area contributed by atoms with Crippen LogP contribution in [0.3, 0.4) is 0 Å². The number of hydrogen-bond donors (Lipinski definition) is 2. The molecule has 1 aromatic rings. The molecule has 1 aromatic carbocycles. The van der Waals surface area contributed by atoms with E-state index in [1.807, 2.05) is 0 Å². The molecule has 1 amide bonds. The Morgan fingerprint density at radius 2 is 1.94 bits per heavy atom. The minimum Gasteiger partial charge on any atom is -0.508 e. The number of carbonyl (C=O) groups is 1. The summed E-state index contributed by atoms with van der Waals surface area (Å²) in [5, 5.41) is 9.24. The number of hydrogen-bond acceptors (Lipinski definition) is 3. The minimum atomic E-state index is -0.665. The molecule has 0 heterocycles. The lowest BCUT2D eigenvalue weighted by Crippen LogP contribution is -2.53. The Kier molecular flexibility index (Phi) is 3.26. The van der Waals surface area contributed by atoms with Gasteiger partial charge < -0.3 is 15.7 Å². The number of amides is 1. The number of thiocarbonyl (C=S) groups is 1. The Hall–Kier alpha value is -1.62. The predicted octanol–water partition coefficient (Wildman–Crippen LogP) is 1.81. The molecule has 0 unspecified atom stereocenters. The summed E-state index contributed by atoms with van der Waals surface area (Å²) in [5.41, 5.74) is 5.78. The van der Waals surface area contributed by atoms with Crippen LogP contribution >= 0.6 is 12.2 Å². The Bertz CT molecular complexity index is 480.